The van der Waals surface area contributed by atoms with Gasteiger partial charge in [0, 0.05) is 24.9 Å². The molecular weight excluding hydrogens is 377 g/mol. The molecule has 0 aliphatic carbocycles. The SMILES string of the molecule is CC(C)[C@H](NC(=O)Cc1csc(Cc2ccc(F)cc2)n1)C(=O)N1CCCC1. The van der Waals surface area contributed by atoms with Gasteiger partial charge in [0.1, 0.15) is 11.9 Å². The number of thiazole rings is 1. The second kappa shape index (κ2) is 9.28. The minimum Gasteiger partial charge on any atom is -0.344 e. The highest BCUT2D eigenvalue weighted by molar-refractivity contribution is 7.09. The van der Waals surface area contributed by atoms with Gasteiger partial charge in [-0.3, -0.25) is 9.59 Å². The molecule has 2 heterocycles. The average molecular weight is 404 g/mol. The molecule has 7 heteroatoms. The van der Waals surface area contributed by atoms with Crippen LogP contribution < -0.4 is 5.32 Å². The number of amides is 2. The molecule has 1 N–H and O–H groups in total. The van der Waals surface area contributed by atoms with Crippen LogP contribution >= 0.6 is 11.3 Å². The fraction of sp³-hybridized carbons (Fsp3) is 0.476. The first kappa shape index (κ1) is 20.5. The average Bonchev–Trinajstić information content (AvgIpc) is 3.33. The lowest BCUT2D eigenvalue weighted by Gasteiger charge is -2.26. The molecule has 0 radical (unpaired) electrons. The monoisotopic (exact) mass is 403 g/mol. The van der Waals surface area contributed by atoms with Crippen LogP contribution in [0.25, 0.3) is 0 Å². The summed E-state index contributed by atoms with van der Waals surface area (Å²) in [5, 5.41) is 5.64. The van der Waals surface area contributed by atoms with E-state index in [1.807, 2.05) is 24.1 Å². The van der Waals surface area contributed by atoms with Crippen LogP contribution in [0, 0.1) is 11.7 Å². The van der Waals surface area contributed by atoms with Crippen LogP contribution in [0.2, 0.25) is 0 Å². The van der Waals surface area contributed by atoms with Gasteiger partial charge in [0.05, 0.1) is 17.1 Å². The second-order valence-corrected chi connectivity index (χ2v) is 8.48. The summed E-state index contributed by atoms with van der Waals surface area (Å²) in [6.45, 7) is 5.44. The van der Waals surface area contributed by atoms with Gasteiger partial charge in [0.25, 0.3) is 0 Å². The topological polar surface area (TPSA) is 62.3 Å². The highest BCUT2D eigenvalue weighted by Crippen LogP contribution is 2.17. The molecule has 1 aromatic carbocycles. The molecule has 1 atom stereocenters. The zero-order valence-electron chi connectivity index (χ0n) is 16.3. The largest absolute Gasteiger partial charge is 0.344 e. The van der Waals surface area contributed by atoms with Crippen LogP contribution in [0.1, 0.15) is 43.0 Å². The maximum Gasteiger partial charge on any atom is 0.245 e. The molecule has 0 saturated carbocycles. The molecule has 1 aliphatic heterocycles. The lowest BCUT2D eigenvalue weighted by molar-refractivity contribution is -0.136. The van der Waals surface area contributed by atoms with Crippen LogP contribution in [-0.4, -0.2) is 40.8 Å². The van der Waals surface area contributed by atoms with Gasteiger partial charge >= 0.3 is 0 Å². The Balaban J connectivity index is 1.56. The molecule has 5 nitrogen and oxygen atoms in total. The molecule has 2 aromatic rings. The number of nitrogens with one attached hydrogen (secondary N) is 1. The number of carbonyl (C=O) groups excluding carboxylic acids is 2. The van der Waals surface area contributed by atoms with Gasteiger partial charge in [0.15, 0.2) is 0 Å². The number of aromatic nitrogens is 1. The van der Waals surface area contributed by atoms with Crippen molar-refractivity contribution in [3.8, 4) is 0 Å². The lowest BCUT2D eigenvalue weighted by Crippen LogP contribution is -2.50. The molecule has 0 bridgehead atoms. The van der Waals surface area contributed by atoms with Crippen molar-refractivity contribution in [3.63, 3.8) is 0 Å². The lowest BCUT2D eigenvalue weighted by atomic mass is 10.0. The van der Waals surface area contributed by atoms with Crippen LogP contribution in [0.4, 0.5) is 4.39 Å². The third-order valence-corrected chi connectivity index (χ3v) is 5.77. The Morgan fingerprint density at radius 1 is 1.21 bits per heavy atom. The second-order valence-electron chi connectivity index (χ2n) is 7.53. The number of hydrogen-bond donors (Lipinski definition) is 1. The van der Waals surface area contributed by atoms with Crippen molar-refractivity contribution in [2.75, 3.05) is 13.1 Å². The Morgan fingerprint density at radius 2 is 1.89 bits per heavy atom. The van der Waals surface area contributed by atoms with Gasteiger partial charge in [-0.2, -0.15) is 0 Å². The van der Waals surface area contributed by atoms with Gasteiger partial charge in [-0.05, 0) is 36.5 Å². The standard InChI is InChI=1S/C21H26FN3O2S/c1-14(2)20(21(27)25-9-3-4-10-25)24-18(26)12-17-13-28-19(23-17)11-15-5-7-16(22)8-6-15/h5-8,13-14,20H,3-4,9-12H2,1-2H3,(H,24,26)/t20-/m0/s1. The predicted molar refractivity (Wildman–Crippen MR) is 108 cm³/mol. The van der Waals surface area contributed by atoms with Crippen LogP contribution in [0.3, 0.4) is 0 Å². The number of carbonyl (C=O) groups is 2. The van der Waals surface area contributed by atoms with E-state index in [0.717, 1.165) is 36.5 Å². The summed E-state index contributed by atoms with van der Waals surface area (Å²) in [5.74, 6) is -0.411. The zero-order chi connectivity index (χ0) is 20.1. The first-order valence-electron chi connectivity index (χ1n) is 9.68. The molecule has 150 valence electrons. The van der Waals surface area contributed by atoms with E-state index in [2.05, 4.69) is 10.3 Å². The van der Waals surface area contributed by atoms with E-state index in [4.69, 9.17) is 0 Å². The summed E-state index contributed by atoms with van der Waals surface area (Å²) in [5.41, 5.74) is 1.67. The minimum absolute atomic E-state index is 0.0103. The molecule has 28 heavy (non-hydrogen) atoms. The Morgan fingerprint density at radius 3 is 2.54 bits per heavy atom. The van der Waals surface area contributed by atoms with Gasteiger partial charge in [0.2, 0.25) is 11.8 Å². The number of benzene rings is 1. The fourth-order valence-corrected chi connectivity index (χ4v) is 4.15. The van der Waals surface area contributed by atoms with Crippen molar-refractivity contribution in [2.24, 2.45) is 5.92 Å². The molecule has 0 spiro atoms. The third-order valence-electron chi connectivity index (χ3n) is 4.88. The van der Waals surface area contributed by atoms with Crippen LogP contribution in [0.15, 0.2) is 29.6 Å². The van der Waals surface area contributed by atoms with Crippen molar-refractivity contribution >= 4 is 23.2 Å². The molecule has 1 aromatic heterocycles. The summed E-state index contributed by atoms with van der Waals surface area (Å²) in [4.78, 5) is 31.5. The number of halogens is 1. The molecular formula is C21H26FN3O2S. The Hall–Kier alpha value is -2.28. The molecule has 2 amide bonds. The van der Waals surface area contributed by atoms with Gasteiger partial charge in [-0.25, -0.2) is 9.37 Å². The normalized spacial score (nSPS) is 15.1. The summed E-state index contributed by atoms with van der Waals surface area (Å²) < 4.78 is 13.0. The van der Waals surface area contributed by atoms with E-state index in [1.54, 1.807) is 12.1 Å². The minimum atomic E-state index is -0.497. The van der Waals surface area contributed by atoms with Crippen molar-refractivity contribution in [1.82, 2.24) is 15.2 Å². The highest BCUT2D eigenvalue weighted by atomic mass is 32.1. The van der Waals surface area contributed by atoms with Crippen molar-refractivity contribution < 1.29 is 14.0 Å². The maximum atomic E-state index is 13.0. The maximum absolute atomic E-state index is 13.0. The van der Waals surface area contributed by atoms with E-state index >= 15 is 0 Å². The molecule has 3 rings (SSSR count). The Bertz CT molecular complexity index is 813. The van der Waals surface area contributed by atoms with Crippen molar-refractivity contribution in [1.29, 1.82) is 0 Å². The Labute approximate surface area is 169 Å². The van der Waals surface area contributed by atoms with Crippen LogP contribution in [0.5, 0.6) is 0 Å². The zero-order valence-corrected chi connectivity index (χ0v) is 17.1. The number of rotatable bonds is 7. The van der Waals surface area contributed by atoms with Gasteiger partial charge in [-0.1, -0.05) is 26.0 Å². The van der Waals surface area contributed by atoms with E-state index in [0.29, 0.717) is 12.1 Å². The Kier molecular flexibility index (Phi) is 6.78. The summed E-state index contributed by atoms with van der Waals surface area (Å²) in [7, 11) is 0. The number of likely N-dealkylation sites (tertiary alicyclic amines) is 1. The van der Waals surface area contributed by atoms with Crippen molar-refractivity contribution in [2.45, 2.75) is 45.6 Å². The van der Waals surface area contributed by atoms with E-state index in [1.165, 1.54) is 23.5 Å². The highest BCUT2D eigenvalue weighted by Gasteiger charge is 2.30. The fourth-order valence-electron chi connectivity index (χ4n) is 3.32. The molecule has 0 unspecified atom stereocenters. The van der Waals surface area contributed by atoms with Gasteiger partial charge < -0.3 is 10.2 Å². The first-order valence-corrected chi connectivity index (χ1v) is 10.6. The number of hydrogen-bond acceptors (Lipinski definition) is 4. The van der Waals surface area contributed by atoms with Crippen LogP contribution in [-0.2, 0) is 22.4 Å². The quantitative estimate of drug-likeness (QED) is 0.772. The van der Waals surface area contributed by atoms with E-state index in [-0.39, 0.29) is 30.0 Å². The summed E-state index contributed by atoms with van der Waals surface area (Å²) in [6, 6.07) is 5.84. The van der Waals surface area contributed by atoms with E-state index in [9.17, 15) is 14.0 Å². The summed E-state index contributed by atoms with van der Waals surface area (Å²) in [6.07, 6.45) is 2.81. The molecule has 1 saturated heterocycles. The predicted octanol–water partition coefficient (Wildman–Crippen LogP) is 3.18. The number of nitrogens with zero attached hydrogens (tertiary/aromatic N) is 2. The smallest absolute Gasteiger partial charge is 0.245 e. The van der Waals surface area contributed by atoms with Crippen molar-refractivity contribution in [3.05, 3.63) is 51.7 Å². The molecule has 1 aliphatic rings. The third kappa shape index (κ3) is 5.38. The molecule has 1 fully saturated rings. The van der Waals surface area contributed by atoms with Gasteiger partial charge in [-0.15, -0.1) is 11.3 Å². The summed E-state index contributed by atoms with van der Waals surface area (Å²) >= 11 is 1.48. The van der Waals surface area contributed by atoms with E-state index < -0.39 is 6.04 Å². The first-order chi connectivity index (χ1) is 13.4.